The summed E-state index contributed by atoms with van der Waals surface area (Å²) in [5.41, 5.74) is 4.31. The molecule has 168 valence electrons. The summed E-state index contributed by atoms with van der Waals surface area (Å²) in [4.78, 5) is 21.5. The third-order valence-corrected chi connectivity index (χ3v) is 6.46. The average molecular weight is 444 g/mol. The molecule has 0 aliphatic carbocycles. The zero-order valence-corrected chi connectivity index (χ0v) is 18.4. The molecule has 0 spiro atoms. The highest BCUT2D eigenvalue weighted by molar-refractivity contribution is 6.06. The predicted octanol–water partition coefficient (Wildman–Crippen LogP) is 3.31. The lowest BCUT2D eigenvalue weighted by Gasteiger charge is -2.22. The Morgan fingerprint density at radius 3 is 2.94 bits per heavy atom. The molecule has 1 saturated heterocycles. The van der Waals surface area contributed by atoms with Gasteiger partial charge in [-0.2, -0.15) is 10.1 Å². The number of amides is 1. The van der Waals surface area contributed by atoms with E-state index in [0.29, 0.717) is 17.6 Å². The number of hydrogen-bond acceptors (Lipinski definition) is 7. The van der Waals surface area contributed by atoms with E-state index in [1.54, 1.807) is 16.9 Å². The van der Waals surface area contributed by atoms with E-state index in [9.17, 15) is 4.79 Å². The standard InChI is InChI=1S/C23H24N8O2/c1-23(2)17-4-3-15(11-18(17)27-21(23)32)26-22-28-20-19(24-7-8-30(20)29-22)14-12-25-31(13-14)16-5-9-33-10-6-16/h3-4,7-8,11-13,16H,5-6,9-10H2,1-2H3,(H,26,29)(H,27,32). The maximum absolute atomic E-state index is 12.2. The second-order valence-electron chi connectivity index (χ2n) is 9.00. The first kappa shape index (κ1) is 19.9. The van der Waals surface area contributed by atoms with Gasteiger partial charge in [0.1, 0.15) is 5.69 Å². The summed E-state index contributed by atoms with van der Waals surface area (Å²) in [5.74, 6) is 0.446. The molecular weight excluding hydrogens is 420 g/mol. The highest BCUT2D eigenvalue weighted by Gasteiger charge is 2.38. The largest absolute Gasteiger partial charge is 0.381 e. The van der Waals surface area contributed by atoms with Crippen LogP contribution in [0.5, 0.6) is 0 Å². The second-order valence-corrected chi connectivity index (χ2v) is 9.00. The normalized spacial score (nSPS) is 17.8. The Labute approximate surface area is 190 Å². The third-order valence-electron chi connectivity index (χ3n) is 6.46. The first-order valence-corrected chi connectivity index (χ1v) is 11.1. The Kier molecular flexibility index (Phi) is 4.44. The molecule has 10 nitrogen and oxygen atoms in total. The Morgan fingerprint density at radius 1 is 1.24 bits per heavy atom. The fourth-order valence-corrected chi connectivity index (χ4v) is 4.48. The van der Waals surface area contributed by atoms with Gasteiger partial charge in [0.25, 0.3) is 0 Å². The Bertz CT molecular complexity index is 1370. The minimum Gasteiger partial charge on any atom is -0.381 e. The van der Waals surface area contributed by atoms with E-state index < -0.39 is 5.41 Å². The molecule has 5 heterocycles. The Balaban J connectivity index is 1.29. The first-order valence-electron chi connectivity index (χ1n) is 11.1. The molecule has 1 aromatic carbocycles. The van der Waals surface area contributed by atoms with Crippen molar-refractivity contribution >= 4 is 28.9 Å². The molecule has 2 aliphatic heterocycles. The fourth-order valence-electron chi connectivity index (χ4n) is 4.48. The van der Waals surface area contributed by atoms with Crippen molar-refractivity contribution in [3.8, 4) is 11.3 Å². The van der Waals surface area contributed by atoms with Crippen LogP contribution in [0.15, 0.2) is 43.0 Å². The lowest BCUT2D eigenvalue weighted by atomic mass is 9.86. The maximum Gasteiger partial charge on any atom is 0.247 e. The van der Waals surface area contributed by atoms with Gasteiger partial charge in [0.2, 0.25) is 11.9 Å². The molecule has 0 saturated carbocycles. The summed E-state index contributed by atoms with van der Waals surface area (Å²) < 4.78 is 9.16. The molecule has 0 unspecified atom stereocenters. The molecule has 1 amide bonds. The molecule has 3 aromatic heterocycles. The first-order chi connectivity index (χ1) is 16.0. The van der Waals surface area contributed by atoms with E-state index in [4.69, 9.17) is 4.74 Å². The van der Waals surface area contributed by atoms with Gasteiger partial charge in [0.15, 0.2) is 5.65 Å². The second kappa shape index (κ2) is 7.38. The van der Waals surface area contributed by atoms with Gasteiger partial charge in [0, 0.05) is 48.7 Å². The number of nitrogens with zero attached hydrogens (tertiary/aromatic N) is 6. The lowest BCUT2D eigenvalue weighted by Crippen LogP contribution is -2.26. The summed E-state index contributed by atoms with van der Waals surface area (Å²) in [6.45, 7) is 5.36. The topological polar surface area (TPSA) is 111 Å². The van der Waals surface area contributed by atoms with Gasteiger partial charge < -0.3 is 15.4 Å². The highest BCUT2D eigenvalue weighted by Crippen LogP contribution is 2.39. The van der Waals surface area contributed by atoms with Crippen LogP contribution in [-0.4, -0.2) is 48.5 Å². The van der Waals surface area contributed by atoms with E-state index in [1.807, 2.05) is 49.1 Å². The van der Waals surface area contributed by atoms with Crippen LogP contribution in [0.4, 0.5) is 17.3 Å². The zero-order chi connectivity index (χ0) is 22.6. The molecule has 33 heavy (non-hydrogen) atoms. The molecule has 1 fully saturated rings. The molecule has 0 atom stereocenters. The monoisotopic (exact) mass is 444 g/mol. The van der Waals surface area contributed by atoms with Crippen LogP contribution in [0, 0.1) is 0 Å². The van der Waals surface area contributed by atoms with Crippen LogP contribution in [0.3, 0.4) is 0 Å². The quantitative estimate of drug-likeness (QED) is 0.497. The number of fused-ring (bicyclic) bond motifs is 2. The van der Waals surface area contributed by atoms with E-state index in [-0.39, 0.29) is 5.91 Å². The van der Waals surface area contributed by atoms with Gasteiger partial charge in [-0.1, -0.05) is 6.07 Å². The summed E-state index contributed by atoms with van der Waals surface area (Å²) in [6.07, 6.45) is 9.23. The molecule has 0 radical (unpaired) electrons. The summed E-state index contributed by atoms with van der Waals surface area (Å²) in [6, 6.07) is 6.14. The predicted molar refractivity (Wildman–Crippen MR) is 122 cm³/mol. The van der Waals surface area contributed by atoms with Gasteiger partial charge in [-0.15, -0.1) is 5.10 Å². The molecule has 4 aromatic rings. The van der Waals surface area contributed by atoms with Crippen LogP contribution in [-0.2, 0) is 14.9 Å². The summed E-state index contributed by atoms with van der Waals surface area (Å²) in [7, 11) is 0. The van der Waals surface area contributed by atoms with Crippen LogP contribution >= 0.6 is 0 Å². The van der Waals surface area contributed by atoms with Crippen molar-refractivity contribution in [2.75, 3.05) is 23.8 Å². The molecule has 6 rings (SSSR count). The van der Waals surface area contributed by atoms with E-state index >= 15 is 0 Å². The van der Waals surface area contributed by atoms with Gasteiger partial charge in [-0.05, 0) is 44.4 Å². The SMILES string of the molecule is CC1(C)C(=O)Nc2cc(Nc3nc4c(-c5cnn(C6CCOCC6)c5)nccn4n3)ccc21. The third kappa shape index (κ3) is 3.34. The van der Waals surface area contributed by atoms with Crippen LogP contribution < -0.4 is 10.6 Å². The van der Waals surface area contributed by atoms with Gasteiger partial charge in [-0.25, -0.2) is 4.52 Å². The zero-order valence-electron chi connectivity index (χ0n) is 18.4. The number of nitrogens with one attached hydrogen (secondary N) is 2. The maximum atomic E-state index is 12.2. The van der Waals surface area contributed by atoms with Crippen LogP contribution in [0.2, 0.25) is 0 Å². The number of anilines is 3. The minimum atomic E-state index is -0.537. The van der Waals surface area contributed by atoms with E-state index in [2.05, 4.69) is 30.8 Å². The number of ether oxygens (including phenoxy) is 1. The highest BCUT2D eigenvalue weighted by atomic mass is 16.5. The Morgan fingerprint density at radius 2 is 2.09 bits per heavy atom. The van der Waals surface area contributed by atoms with Crippen molar-refractivity contribution in [1.82, 2.24) is 29.4 Å². The smallest absolute Gasteiger partial charge is 0.247 e. The number of aromatic nitrogens is 6. The summed E-state index contributed by atoms with van der Waals surface area (Å²) in [5, 5.41) is 15.3. The average Bonchev–Trinajstić information content (AvgIpc) is 3.51. The van der Waals surface area contributed by atoms with Crippen molar-refractivity contribution in [2.24, 2.45) is 0 Å². The van der Waals surface area contributed by atoms with Crippen molar-refractivity contribution < 1.29 is 9.53 Å². The van der Waals surface area contributed by atoms with E-state index in [0.717, 1.165) is 54.3 Å². The van der Waals surface area contributed by atoms with Crippen molar-refractivity contribution in [3.63, 3.8) is 0 Å². The number of carbonyl (C=O) groups excluding carboxylic acids is 1. The molecule has 10 heteroatoms. The minimum absolute atomic E-state index is 0.00230. The van der Waals surface area contributed by atoms with Crippen molar-refractivity contribution in [1.29, 1.82) is 0 Å². The van der Waals surface area contributed by atoms with Crippen LogP contribution in [0.1, 0.15) is 38.3 Å². The number of benzene rings is 1. The van der Waals surface area contributed by atoms with Gasteiger partial charge in [-0.3, -0.25) is 14.5 Å². The number of carbonyl (C=O) groups is 1. The number of rotatable bonds is 4. The molecular formula is C23H24N8O2. The van der Waals surface area contributed by atoms with Crippen LogP contribution in [0.25, 0.3) is 16.9 Å². The summed E-state index contributed by atoms with van der Waals surface area (Å²) >= 11 is 0. The molecule has 0 bridgehead atoms. The van der Waals surface area contributed by atoms with Gasteiger partial charge >= 0.3 is 0 Å². The van der Waals surface area contributed by atoms with Crippen molar-refractivity contribution in [2.45, 2.75) is 38.1 Å². The molecule has 2 aliphatic rings. The van der Waals surface area contributed by atoms with Crippen molar-refractivity contribution in [3.05, 3.63) is 48.5 Å². The number of hydrogen-bond donors (Lipinski definition) is 2. The van der Waals surface area contributed by atoms with Gasteiger partial charge in [0.05, 0.1) is 17.7 Å². The lowest BCUT2D eigenvalue weighted by molar-refractivity contribution is -0.119. The Hall–Kier alpha value is -3.79. The van der Waals surface area contributed by atoms with E-state index in [1.165, 1.54) is 0 Å². The molecule has 2 N–H and O–H groups in total. The fraction of sp³-hybridized carbons (Fsp3) is 0.348.